The van der Waals surface area contributed by atoms with E-state index in [2.05, 4.69) is 15.6 Å². The van der Waals surface area contributed by atoms with Crippen molar-refractivity contribution < 1.29 is 9.13 Å². The largest absolute Gasteiger partial charge is 0.382 e. The van der Waals surface area contributed by atoms with Crippen molar-refractivity contribution in [3.8, 4) is 0 Å². The van der Waals surface area contributed by atoms with Gasteiger partial charge in [0.05, 0.1) is 6.54 Å². The average Bonchev–Trinajstić information content (AvgIpc) is 2.49. The summed E-state index contributed by atoms with van der Waals surface area (Å²) in [6.07, 6.45) is 2.08. The Morgan fingerprint density at radius 3 is 2.57 bits per heavy atom. The monoisotopic (exact) mass is 295 g/mol. The number of guanidine groups is 1. The molecule has 0 spiro atoms. The predicted octanol–water partition coefficient (Wildman–Crippen LogP) is 2.70. The number of aliphatic imine (C=N–C) groups is 1. The first-order chi connectivity index (χ1) is 10.3. The minimum absolute atomic E-state index is 0.220. The van der Waals surface area contributed by atoms with Gasteiger partial charge in [-0.2, -0.15) is 0 Å². The lowest BCUT2D eigenvalue weighted by Crippen LogP contribution is -2.37. The summed E-state index contributed by atoms with van der Waals surface area (Å²) in [6.45, 7) is 7.83. The second-order valence-corrected chi connectivity index (χ2v) is 4.65. The zero-order chi connectivity index (χ0) is 15.3. The molecule has 0 unspecified atom stereocenters. The highest BCUT2D eigenvalue weighted by molar-refractivity contribution is 5.79. The third-order valence-corrected chi connectivity index (χ3v) is 2.89. The Kier molecular flexibility index (Phi) is 9.20. The first-order valence-corrected chi connectivity index (χ1v) is 7.60. The van der Waals surface area contributed by atoms with Crippen LogP contribution in [-0.2, 0) is 11.3 Å². The Labute approximate surface area is 126 Å². The van der Waals surface area contributed by atoms with Crippen LogP contribution in [0.3, 0.4) is 0 Å². The first kappa shape index (κ1) is 17.4. The highest BCUT2D eigenvalue weighted by Gasteiger charge is 1.98. The van der Waals surface area contributed by atoms with Crippen LogP contribution in [-0.4, -0.2) is 32.3 Å². The van der Waals surface area contributed by atoms with E-state index in [1.807, 2.05) is 13.8 Å². The van der Waals surface area contributed by atoms with E-state index in [1.165, 1.54) is 12.1 Å². The summed E-state index contributed by atoms with van der Waals surface area (Å²) >= 11 is 0. The fourth-order valence-electron chi connectivity index (χ4n) is 1.78. The molecule has 0 atom stereocenters. The molecule has 1 aromatic rings. The molecule has 5 heteroatoms. The quantitative estimate of drug-likeness (QED) is 0.418. The SMILES string of the molecule is CCNC(=NCc1ccc(F)cc1)NCCCCOCC. The normalized spacial score (nSPS) is 11.5. The molecule has 1 rings (SSSR count). The van der Waals surface area contributed by atoms with Gasteiger partial charge in [-0.15, -0.1) is 0 Å². The zero-order valence-corrected chi connectivity index (χ0v) is 13.0. The van der Waals surface area contributed by atoms with E-state index in [9.17, 15) is 4.39 Å². The number of nitrogens with one attached hydrogen (secondary N) is 2. The van der Waals surface area contributed by atoms with Gasteiger partial charge in [-0.25, -0.2) is 9.38 Å². The zero-order valence-electron chi connectivity index (χ0n) is 13.0. The van der Waals surface area contributed by atoms with Crippen molar-refractivity contribution in [2.24, 2.45) is 4.99 Å². The van der Waals surface area contributed by atoms with Crippen molar-refractivity contribution in [3.05, 3.63) is 35.6 Å². The van der Waals surface area contributed by atoms with Gasteiger partial charge >= 0.3 is 0 Å². The van der Waals surface area contributed by atoms with Crippen molar-refractivity contribution in [3.63, 3.8) is 0 Å². The molecule has 1 aromatic carbocycles. The van der Waals surface area contributed by atoms with Gasteiger partial charge in [0, 0.05) is 26.3 Å². The van der Waals surface area contributed by atoms with Crippen LogP contribution in [0.1, 0.15) is 32.3 Å². The van der Waals surface area contributed by atoms with Crippen molar-refractivity contribution >= 4 is 5.96 Å². The molecule has 0 aromatic heterocycles. The molecule has 0 amide bonds. The first-order valence-electron chi connectivity index (χ1n) is 7.60. The van der Waals surface area contributed by atoms with E-state index in [0.717, 1.165) is 50.7 Å². The summed E-state index contributed by atoms with van der Waals surface area (Å²) in [5, 5.41) is 6.49. The molecule has 21 heavy (non-hydrogen) atoms. The molecular formula is C16H26FN3O. The summed E-state index contributed by atoms with van der Waals surface area (Å²) in [4.78, 5) is 4.49. The number of halogens is 1. The van der Waals surface area contributed by atoms with Gasteiger partial charge in [0.1, 0.15) is 5.82 Å². The van der Waals surface area contributed by atoms with Gasteiger partial charge in [0.25, 0.3) is 0 Å². The number of nitrogens with zero attached hydrogens (tertiary/aromatic N) is 1. The maximum absolute atomic E-state index is 12.8. The standard InChI is InChI=1S/C16H26FN3O/c1-3-18-16(19-11-5-6-12-21-4-2)20-13-14-7-9-15(17)10-8-14/h7-10H,3-6,11-13H2,1-2H3,(H2,18,19,20). The molecule has 118 valence electrons. The van der Waals surface area contributed by atoms with E-state index >= 15 is 0 Å². The summed E-state index contributed by atoms with van der Waals surface area (Å²) in [5.74, 6) is 0.570. The lowest BCUT2D eigenvalue weighted by Gasteiger charge is -2.11. The average molecular weight is 295 g/mol. The highest BCUT2D eigenvalue weighted by Crippen LogP contribution is 2.03. The van der Waals surface area contributed by atoms with Gasteiger partial charge < -0.3 is 15.4 Å². The van der Waals surface area contributed by atoms with Gasteiger partial charge in [0.2, 0.25) is 0 Å². The van der Waals surface area contributed by atoms with Crippen LogP contribution in [0, 0.1) is 5.82 Å². The van der Waals surface area contributed by atoms with E-state index < -0.39 is 0 Å². The maximum atomic E-state index is 12.8. The maximum Gasteiger partial charge on any atom is 0.191 e. The Balaban J connectivity index is 2.33. The number of benzene rings is 1. The molecule has 2 N–H and O–H groups in total. The molecule has 0 aliphatic rings. The molecule has 0 aliphatic heterocycles. The van der Waals surface area contributed by atoms with E-state index in [4.69, 9.17) is 4.74 Å². The molecule has 4 nitrogen and oxygen atoms in total. The van der Waals surface area contributed by atoms with E-state index in [0.29, 0.717) is 6.54 Å². The second kappa shape index (κ2) is 11.1. The van der Waals surface area contributed by atoms with Crippen molar-refractivity contribution in [2.45, 2.75) is 33.2 Å². The van der Waals surface area contributed by atoms with Gasteiger partial charge in [-0.05, 0) is 44.4 Å². The van der Waals surface area contributed by atoms with Crippen LogP contribution >= 0.6 is 0 Å². The lowest BCUT2D eigenvalue weighted by atomic mass is 10.2. The fourth-order valence-corrected chi connectivity index (χ4v) is 1.78. The van der Waals surface area contributed by atoms with Gasteiger partial charge in [-0.3, -0.25) is 0 Å². The van der Waals surface area contributed by atoms with Crippen LogP contribution in [0.5, 0.6) is 0 Å². The number of hydrogen-bond acceptors (Lipinski definition) is 2. The van der Waals surface area contributed by atoms with Crippen LogP contribution < -0.4 is 10.6 Å². The van der Waals surface area contributed by atoms with Crippen LogP contribution in [0.4, 0.5) is 4.39 Å². The molecule has 0 aliphatic carbocycles. The topological polar surface area (TPSA) is 45.7 Å². The van der Waals surface area contributed by atoms with Gasteiger partial charge in [-0.1, -0.05) is 12.1 Å². The van der Waals surface area contributed by atoms with Crippen molar-refractivity contribution in [1.29, 1.82) is 0 Å². The van der Waals surface area contributed by atoms with E-state index in [-0.39, 0.29) is 5.82 Å². The molecule has 0 radical (unpaired) electrons. The van der Waals surface area contributed by atoms with Crippen molar-refractivity contribution in [1.82, 2.24) is 10.6 Å². The predicted molar refractivity (Wildman–Crippen MR) is 84.9 cm³/mol. The number of rotatable bonds is 9. The Hall–Kier alpha value is -1.62. The number of hydrogen-bond donors (Lipinski definition) is 2. The highest BCUT2D eigenvalue weighted by atomic mass is 19.1. The third-order valence-electron chi connectivity index (χ3n) is 2.89. The summed E-state index contributed by atoms with van der Waals surface area (Å²) < 4.78 is 18.1. The van der Waals surface area contributed by atoms with Crippen LogP contribution in [0.15, 0.2) is 29.3 Å². The fraction of sp³-hybridized carbons (Fsp3) is 0.562. The third kappa shape index (κ3) is 8.30. The Morgan fingerprint density at radius 1 is 1.14 bits per heavy atom. The Morgan fingerprint density at radius 2 is 1.90 bits per heavy atom. The summed E-state index contributed by atoms with van der Waals surface area (Å²) in [5.41, 5.74) is 0.991. The minimum Gasteiger partial charge on any atom is -0.382 e. The molecule has 0 heterocycles. The Bertz CT molecular complexity index is 406. The number of ether oxygens (including phenoxy) is 1. The summed E-state index contributed by atoms with van der Waals surface area (Å²) in [6, 6.07) is 6.42. The molecule has 0 saturated carbocycles. The second-order valence-electron chi connectivity index (χ2n) is 4.65. The van der Waals surface area contributed by atoms with Crippen LogP contribution in [0.25, 0.3) is 0 Å². The lowest BCUT2D eigenvalue weighted by molar-refractivity contribution is 0.143. The molecule has 0 fully saturated rings. The van der Waals surface area contributed by atoms with E-state index in [1.54, 1.807) is 12.1 Å². The van der Waals surface area contributed by atoms with Gasteiger partial charge in [0.15, 0.2) is 5.96 Å². The van der Waals surface area contributed by atoms with Crippen LogP contribution in [0.2, 0.25) is 0 Å². The molecule has 0 saturated heterocycles. The molecular weight excluding hydrogens is 269 g/mol. The molecule has 0 bridgehead atoms. The van der Waals surface area contributed by atoms with Crippen molar-refractivity contribution in [2.75, 3.05) is 26.3 Å². The summed E-state index contributed by atoms with van der Waals surface area (Å²) in [7, 11) is 0. The smallest absolute Gasteiger partial charge is 0.191 e. The number of unbranched alkanes of at least 4 members (excludes halogenated alkanes) is 1. The minimum atomic E-state index is -0.220.